The number of rotatable bonds is 6. The molecule has 0 saturated carbocycles. The number of benzene rings is 1. The Balaban J connectivity index is 2.49. The van der Waals surface area contributed by atoms with Crippen molar-refractivity contribution in [1.82, 2.24) is 0 Å². The molecular formula is C13H14BrFO3. The van der Waals surface area contributed by atoms with Crippen molar-refractivity contribution in [2.24, 2.45) is 0 Å². The minimum Gasteiger partial charge on any atom is -0.459 e. The van der Waals surface area contributed by atoms with E-state index in [9.17, 15) is 9.18 Å². The van der Waals surface area contributed by atoms with Gasteiger partial charge in [-0.05, 0) is 19.1 Å². The van der Waals surface area contributed by atoms with Gasteiger partial charge in [-0.2, -0.15) is 0 Å². The topological polar surface area (TPSA) is 35.5 Å². The van der Waals surface area contributed by atoms with Crippen molar-refractivity contribution in [3.8, 4) is 0 Å². The van der Waals surface area contributed by atoms with Crippen LogP contribution in [-0.4, -0.2) is 18.7 Å². The maximum atomic E-state index is 12.8. The summed E-state index contributed by atoms with van der Waals surface area (Å²) in [5.74, 6) is -0.812. The highest BCUT2D eigenvalue weighted by molar-refractivity contribution is 9.10. The second kappa shape index (κ2) is 7.28. The quantitative estimate of drug-likeness (QED) is 0.597. The molecule has 0 spiro atoms. The van der Waals surface area contributed by atoms with E-state index in [0.717, 1.165) is 0 Å². The molecule has 0 saturated heterocycles. The zero-order valence-electron chi connectivity index (χ0n) is 9.99. The zero-order valence-corrected chi connectivity index (χ0v) is 11.6. The Labute approximate surface area is 114 Å². The number of halogens is 2. The Kier molecular flexibility index (Phi) is 6.01. The summed E-state index contributed by atoms with van der Waals surface area (Å²) < 4.78 is 23.6. The van der Waals surface area contributed by atoms with E-state index in [-0.39, 0.29) is 19.0 Å². The fourth-order valence-electron chi connectivity index (χ4n) is 1.19. The molecule has 0 fully saturated rings. The van der Waals surface area contributed by atoms with Gasteiger partial charge in [0.2, 0.25) is 0 Å². The highest BCUT2D eigenvalue weighted by Gasteiger charge is 2.15. The van der Waals surface area contributed by atoms with Crippen molar-refractivity contribution in [2.75, 3.05) is 6.61 Å². The molecule has 1 aromatic rings. The first-order chi connectivity index (χ1) is 8.54. The molecule has 5 heteroatoms. The number of carbonyl (C=O) groups is 1. The van der Waals surface area contributed by atoms with E-state index in [1.165, 1.54) is 12.1 Å². The van der Waals surface area contributed by atoms with Crippen LogP contribution in [0.5, 0.6) is 0 Å². The van der Waals surface area contributed by atoms with Crippen LogP contribution in [0, 0.1) is 5.82 Å². The highest BCUT2D eigenvalue weighted by Crippen LogP contribution is 2.19. The van der Waals surface area contributed by atoms with Crippen LogP contribution in [0.25, 0.3) is 0 Å². The van der Waals surface area contributed by atoms with Crippen molar-refractivity contribution in [3.63, 3.8) is 0 Å². The second-order valence-corrected chi connectivity index (χ2v) is 4.46. The minimum absolute atomic E-state index is 0.0709. The highest BCUT2D eigenvalue weighted by atomic mass is 79.9. The van der Waals surface area contributed by atoms with E-state index in [1.54, 1.807) is 19.1 Å². The van der Waals surface area contributed by atoms with E-state index in [0.29, 0.717) is 10.0 Å². The van der Waals surface area contributed by atoms with Crippen molar-refractivity contribution in [1.29, 1.82) is 0 Å². The molecule has 0 bridgehead atoms. The van der Waals surface area contributed by atoms with E-state index in [1.807, 2.05) is 0 Å². The van der Waals surface area contributed by atoms with Gasteiger partial charge in [0.15, 0.2) is 6.10 Å². The molecule has 3 nitrogen and oxygen atoms in total. The Hall–Kier alpha value is -1.20. The smallest absolute Gasteiger partial charge is 0.335 e. The predicted octanol–water partition coefficient (Wildman–Crippen LogP) is 3.22. The third-order valence-corrected chi connectivity index (χ3v) is 2.92. The second-order valence-electron chi connectivity index (χ2n) is 3.61. The summed E-state index contributed by atoms with van der Waals surface area (Å²) in [5, 5.41) is 0. The van der Waals surface area contributed by atoms with Gasteiger partial charge in [0.1, 0.15) is 12.4 Å². The van der Waals surface area contributed by atoms with Gasteiger partial charge in [-0.3, -0.25) is 0 Å². The molecule has 0 radical (unpaired) electrons. The van der Waals surface area contributed by atoms with E-state index >= 15 is 0 Å². The first-order valence-electron chi connectivity index (χ1n) is 5.37. The van der Waals surface area contributed by atoms with Gasteiger partial charge in [0.05, 0.1) is 6.61 Å². The lowest BCUT2D eigenvalue weighted by molar-refractivity contribution is -0.156. The lowest BCUT2D eigenvalue weighted by Gasteiger charge is -2.12. The van der Waals surface area contributed by atoms with Crippen LogP contribution < -0.4 is 0 Å². The van der Waals surface area contributed by atoms with Crippen molar-refractivity contribution < 1.29 is 18.7 Å². The molecule has 98 valence electrons. The van der Waals surface area contributed by atoms with Gasteiger partial charge in [-0.15, -0.1) is 6.58 Å². The minimum atomic E-state index is -0.651. The molecule has 0 amide bonds. The first-order valence-corrected chi connectivity index (χ1v) is 6.17. The van der Waals surface area contributed by atoms with Gasteiger partial charge >= 0.3 is 5.97 Å². The average Bonchev–Trinajstić information content (AvgIpc) is 2.34. The molecule has 0 aliphatic carbocycles. The van der Waals surface area contributed by atoms with Gasteiger partial charge in [-0.1, -0.05) is 28.1 Å². The van der Waals surface area contributed by atoms with Crippen molar-refractivity contribution >= 4 is 21.9 Å². The predicted molar refractivity (Wildman–Crippen MR) is 69.5 cm³/mol. The van der Waals surface area contributed by atoms with Crippen LogP contribution in [0.4, 0.5) is 4.39 Å². The summed E-state index contributed by atoms with van der Waals surface area (Å²) in [7, 11) is 0. The monoisotopic (exact) mass is 316 g/mol. The van der Waals surface area contributed by atoms with Gasteiger partial charge < -0.3 is 9.47 Å². The van der Waals surface area contributed by atoms with Gasteiger partial charge in [0, 0.05) is 10.0 Å². The summed E-state index contributed by atoms with van der Waals surface area (Å²) in [6.45, 7) is 5.45. The first kappa shape index (κ1) is 14.9. The lowest BCUT2D eigenvalue weighted by Crippen LogP contribution is -2.23. The largest absolute Gasteiger partial charge is 0.459 e. The summed E-state index contributed by atoms with van der Waals surface area (Å²) in [5.41, 5.74) is 0.695. The van der Waals surface area contributed by atoms with Crippen LogP contribution >= 0.6 is 15.9 Å². The van der Waals surface area contributed by atoms with Crippen LogP contribution in [0.3, 0.4) is 0 Å². The fraction of sp³-hybridized carbons (Fsp3) is 0.308. The molecule has 0 heterocycles. The Morgan fingerprint density at radius 1 is 1.61 bits per heavy atom. The number of hydrogen-bond acceptors (Lipinski definition) is 3. The van der Waals surface area contributed by atoms with Crippen molar-refractivity contribution in [3.05, 3.63) is 46.7 Å². The zero-order chi connectivity index (χ0) is 13.5. The molecule has 1 rings (SSSR count). The Morgan fingerprint density at radius 2 is 2.33 bits per heavy atom. The Morgan fingerprint density at radius 3 is 2.94 bits per heavy atom. The van der Waals surface area contributed by atoms with Crippen LogP contribution in [0.15, 0.2) is 35.3 Å². The van der Waals surface area contributed by atoms with E-state index in [4.69, 9.17) is 9.47 Å². The normalized spacial score (nSPS) is 11.9. The van der Waals surface area contributed by atoms with Crippen molar-refractivity contribution in [2.45, 2.75) is 19.6 Å². The summed E-state index contributed by atoms with van der Waals surface area (Å²) >= 11 is 3.20. The molecule has 1 unspecified atom stereocenters. The number of ether oxygens (including phenoxy) is 2. The van der Waals surface area contributed by atoms with Gasteiger partial charge in [0.25, 0.3) is 0 Å². The Bertz CT molecular complexity index is 434. The molecular weight excluding hydrogens is 303 g/mol. The van der Waals surface area contributed by atoms with E-state index in [2.05, 4.69) is 22.5 Å². The molecule has 0 aliphatic rings. The molecule has 1 atom stereocenters. The standard InChI is InChI=1S/C13H14BrFO3/c1-3-6-17-9(2)13(16)18-8-10-4-5-11(15)7-12(10)14/h3-5,7,9H,1,6,8H2,2H3. The average molecular weight is 317 g/mol. The summed E-state index contributed by atoms with van der Waals surface area (Å²) in [6.07, 6.45) is 0.905. The van der Waals surface area contributed by atoms with Crippen LogP contribution in [0.2, 0.25) is 0 Å². The number of hydrogen-bond donors (Lipinski definition) is 0. The SMILES string of the molecule is C=CCOC(C)C(=O)OCc1ccc(F)cc1Br. The maximum absolute atomic E-state index is 12.8. The van der Waals surface area contributed by atoms with Crippen LogP contribution in [-0.2, 0) is 20.9 Å². The van der Waals surface area contributed by atoms with Crippen LogP contribution in [0.1, 0.15) is 12.5 Å². The lowest BCUT2D eigenvalue weighted by atomic mass is 10.2. The molecule has 0 N–H and O–H groups in total. The molecule has 0 aromatic heterocycles. The van der Waals surface area contributed by atoms with E-state index < -0.39 is 12.1 Å². The molecule has 1 aromatic carbocycles. The number of carbonyl (C=O) groups excluding carboxylic acids is 1. The third kappa shape index (κ3) is 4.58. The van der Waals surface area contributed by atoms with Gasteiger partial charge in [-0.25, -0.2) is 9.18 Å². The molecule has 18 heavy (non-hydrogen) atoms. The summed E-state index contributed by atoms with van der Waals surface area (Å²) in [4.78, 5) is 11.5. The molecule has 0 aliphatic heterocycles. The third-order valence-electron chi connectivity index (χ3n) is 2.18. The summed E-state index contributed by atoms with van der Waals surface area (Å²) in [6, 6.07) is 4.19. The number of esters is 1. The maximum Gasteiger partial charge on any atom is 0.335 e. The fourth-order valence-corrected chi connectivity index (χ4v) is 1.65.